The van der Waals surface area contributed by atoms with Crippen LogP contribution in [0.1, 0.15) is 5.56 Å². The van der Waals surface area contributed by atoms with E-state index in [1.807, 2.05) is 0 Å². The van der Waals surface area contributed by atoms with Gasteiger partial charge in [-0.3, -0.25) is 0 Å². The molecule has 0 saturated heterocycles. The molecule has 1 aromatic heterocycles. The molecule has 0 aliphatic carbocycles. The molecule has 1 heterocycles. The van der Waals surface area contributed by atoms with Gasteiger partial charge in [0.15, 0.2) is 4.77 Å². The van der Waals surface area contributed by atoms with E-state index >= 15 is 0 Å². The van der Waals surface area contributed by atoms with Gasteiger partial charge >= 0.3 is 0 Å². The minimum absolute atomic E-state index is 0.759. The van der Waals surface area contributed by atoms with E-state index in [2.05, 4.69) is 40.6 Å². The third-order valence-electron chi connectivity index (χ3n) is 2.66. The number of aryl methyl sites for hydroxylation is 2. The van der Waals surface area contributed by atoms with Crippen LogP contribution >= 0.6 is 24.0 Å². The molecule has 0 aliphatic rings. The summed E-state index contributed by atoms with van der Waals surface area (Å²) < 4.78 is 2.93. The van der Waals surface area contributed by atoms with E-state index in [4.69, 9.17) is 18.6 Å². The number of aromatic amines is 1. The number of para-hydroxylation sites is 1. The van der Waals surface area contributed by atoms with Crippen molar-refractivity contribution < 1.29 is 0 Å². The molecule has 88 valence electrons. The van der Waals surface area contributed by atoms with Crippen LogP contribution in [0.5, 0.6) is 0 Å². The molecule has 2 nitrogen and oxygen atoms in total. The minimum Gasteiger partial charge on any atom is -0.330 e. The molecule has 2 aromatic rings. The molecular formula is C13H14N2S2. The summed E-state index contributed by atoms with van der Waals surface area (Å²) in [5.41, 5.74) is 3.54. The predicted molar refractivity (Wildman–Crippen MR) is 78.0 cm³/mol. The minimum atomic E-state index is 0.759. The second-order valence-corrected chi connectivity index (χ2v) is 5.30. The Morgan fingerprint density at radius 2 is 2.35 bits per heavy atom. The van der Waals surface area contributed by atoms with Crippen molar-refractivity contribution in [1.29, 1.82) is 0 Å². The molecule has 0 aliphatic heterocycles. The smallest absolute Gasteiger partial charge is 0.178 e. The van der Waals surface area contributed by atoms with Gasteiger partial charge in [-0.1, -0.05) is 18.1 Å². The topological polar surface area (TPSA) is 20.7 Å². The van der Waals surface area contributed by atoms with Crippen molar-refractivity contribution in [3.05, 3.63) is 28.5 Å². The molecule has 0 atom stereocenters. The van der Waals surface area contributed by atoms with Crippen molar-refractivity contribution in [1.82, 2.24) is 9.55 Å². The maximum atomic E-state index is 5.35. The zero-order valence-electron chi connectivity index (χ0n) is 9.69. The third kappa shape index (κ3) is 2.56. The Bertz CT molecular complexity index is 616. The van der Waals surface area contributed by atoms with Crippen LogP contribution in [0.15, 0.2) is 18.2 Å². The lowest BCUT2D eigenvalue weighted by atomic mass is 10.2. The molecule has 0 fully saturated rings. The Kier molecular flexibility index (Phi) is 3.93. The van der Waals surface area contributed by atoms with Crippen LogP contribution in [-0.2, 0) is 6.54 Å². The number of hydrogen-bond donors (Lipinski definition) is 1. The number of fused-ring (bicyclic) bond motifs is 1. The number of nitrogens with one attached hydrogen (secondary N) is 1. The van der Waals surface area contributed by atoms with Crippen LogP contribution in [0, 0.1) is 24.0 Å². The first-order chi connectivity index (χ1) is 8.24. The molecule has 0 radical (unpaired) electrons. The van der Waals surface area contributed by atoms with E-state index in [9.17, 15) is 0 Å². The second kappa shape index (κ2) is 5.44. The van der Waals surface area contributed by atoms with Gasteiger partial charge in [0.2, 0.25) is 0 Å². The second-order valence-electron chi connectivity index (χ2n) is 3.81. The van der Waals surface area contributed by atoms with Crippen LogP contribution in [0.4, 0.5) is 0 Å². The Morgan fingerprint density at radius 3 is 3.12 bits per heavy atom. The van der Waals surface area contributed by atoms with Crippen molar-refractivity contribution >= 4 is 35.0 Å². The van der Waals surface area contributed by atoms with Crippen molar-refractivity contribution in [3.8, 4) is 12.3 Å². The summed E-state index contributed by atoms with van der Waals surface area (Å²) in [5, 5.41) is 0. The third-order valence-corrected chi connectivity index (χ3v) is 3.83. The lowest BCUT2D eigenvalue weighted by molar-refractivity contribution is 0.784. The largest absolute Gasteiger partial charge is 0.330 e. The van der Waals surface area contributed by atoms with E-state index in [0.29, 0.717) is 0 Å². The normalized spacial score (nSPS) is 10.6. The lowest BCUT2D eigenvalue weighted by Crippen LogP contribution is -2.00. The Morgan fingerprint density at radius 1 is 1.53 bits per heavy atom. The summed E-state index contributed by atoms with van der Waals surface area (Å²) in [7, 11) is 0. The first kappa shape index (κ1) is 12.3. The number of imidazole rings is 1. The average Bonchev–Trinajstić information content (AvgIpc) is 2.63. The number of nitrogens with zero attached hydrogens (tertiary/aromatic N) is 1. The van der Waals surface area contributed by atoms with Gasteiger partial charge in [-0.05, 0) is 30.8 Å². The summed E-state index contributed by atoms with van der Waals surface area (Å²) in [5.74, 6) is 4.37. The SMILES string of the molecule is C#CCSCCn1c(=S)[nH]c2c(C)cccc21. The summed E-state index contributed by atoms with van der Waals surface area (Å²) in [6.07, 6.45) is 5.22. The molecular weight excluding hydrogens is 248 g/mol. The highest BCUT2D eigenvalue weighted by Gasteiger charge is 2.05. The number of thioether (sulfide) groups is 1. The monoisotopic (exact) mass is 262 g/mol. The molecule has 0 bridgehead atoms. The first-order valence-electron chi connectivity index (χ1n) is 5.43. The van der Waals surface area contributed by atoms with Gasteiger partial charge in [-0.2, -0.15) is 0 Å². The van der Waals surface area contributed by atoms with Gasteiger partial charge in [0.25, 0.3) is 0 Å². The molecule has 1 aromatic carbocycles. The maximum absolute atomic E-state index is 5.35. The number of benzene rings is 1. The summed E-state index contributed by atoms with van der Waals surface area (Å²) in [6.45, 7) is 2.99. The zero-order chi connectivity index (χ0) is 12.3. The first-order valence-corrected chi connectivity index (χ1v) is 6.99. The van der Waals surface area contributed by atoms with Crippen molar-refractivity contribution in [3.63, 3.8) is 0 Å². The highest BCUT2D eigenvalue weighted by atomic mass is 32.2. The number of aromatic nitrogens is 2. The summed E-state index contributed by atoms with van der Waals surface area (Å²) in [4.78, 5) is 3.26. The van der Waals surface area contributed by atoms with E-state index in [-0.39, 0.29) is 0 Å². The fourth-order valence-electron chi connectivity index (χ4n) is 1.83. The molecule has 2 rings (SSSR count). The Labute approximate surface area is 110 Å². The number of hydrogen-bond acceptors (Lipinski definition) is 2. The van der Waals surface area contributed by atoms with E-state index in [0.717, 1.165) is 28.3 Å². The number of H-pyrrole nitrogens is 1. The molecule has 0 spiro atoms. The fraction of sp³-hybridized carbons (Fsp3) is 0.308. The zero-order valence-corrected chi connectivity index (χ0v) is 11.3. The fourth-order valence-corrected chi connectivity index (χ4v) is 2.70. The molecule has 4 heteroatoms. The Hall–Kier alpha value is -1.18. The van der Waals surface area contributed by atoms with Crippen molar-refractivity contribution in [2.45, 2.75) is 13.5 Å². The van der Waals surface area contributed by atoms with Gasteiger partial charge in [0.1, 0.15) is 0 Å². The van der Waals surface area contributed by atoms with Crippen LogP contribution in [-0.4, -0.2) is 21.1 Å². The van der Waals surface area contributed by atoms with Crippen LogP contribution < -0.4 is 0 Å². The molecule has 1 N–H and O–H groups in total. The van der Waals surface area contributed by atoms with E-state index in [1.54, 1.807) is 11.8 Å². The highest BCUT2D eigenvalue weighted by molar-refractivity contribution is 7.99. The molecule has 0 saturated carbocycles. The lowest BCUT2D eigenvalue weighted by Gasteiger charge is -2.03. The van der Waals surface area contributed by atoms with Crippen molar-refractivity contribution in [2.75, 3.05) is 11.5 Å². The van der Waals surface area contributed by atoms with E-state index in [1.165, 1.54) is 11.1 Å². The van der Waals surface area contributed by atoms with E-state index < -0.39 is 0 Å². The standard InChI is InChI=1S/C13H14N2S2/c1-3-8-17-9-7-15-11-6-4-5-10(2)12(11)14-13(15)16/h1,4-6H,7-9H2,2H3,(H,14,16). The molecule has 17 heavy (non-hydrogen) atoms. The van der Waals surface area contributed by atoms with Crippen LogP contribution in [0.3, 0.4) is 0 Å². The predicted octanol–water partition coefficient (Wildman–Crippen LogP) is 3.37. The van der Waals surface area contributed by atoms with Gasteiger partial charge in [0, 0.05) is 12.3 Å². The summed E-state index contributed by atoms with van der Waals surface area (Å²) in [6, 6.07) is 6.25. The van der Waals surface area contributed by atoms with Crippen LogP contribution in [0.2, 0.25) is 0 Å². The van der Waals surface area contributed by atoms with Gasteiger partial charge in [0.05, 0.1) is 16.8 Å². The average molecular weight is 262 g/mol. The Balaban J connectivity index is 2.28. The molecule has 0 unspecified atom stereocenters. The quantitative estimate of drug-likeness (QED) is 0.518. The van der Waals surface area contributed by atoms with Gasteiger partial charge in [-0.25, -0.2) is 0 Å². The number of rotatable bonds is 4. The van der Waals surface area contributed by atoms with Gasteiger partial charge in [-0.15, -0.1) is 18.2 Å². The highest BCUT2D eigenvalue weighted by Crippen LogP contribution is 2.18. The van der Waals surface area contributed by atoms with Crippen LogP contribution in [0.25, 0.3) is 11.0 Å². The van der Waals surface area contributed by atoms with Crippen molar-refractivity contribution in [2.24, 2.45) is 0 Å². The summed E-state index contributed by atoms with van der Waals surface area (Å²) >= 11 is 7.10. The maximum Gasteiger partial charge on any atom is 0.178 e. The van der Waals surface area contributed by atoms with Gasteiger partial charge < -0.3 is 9.55 Å². The molecule has 0 amide bonds. The number of terminal acetylenes is 1.